The summed E-state index contributed by atoms with van der Waals surface area (Å²) in [5.74, 6) is 0.193. The van der Waals surface area contributed by atoms with Gasteiger partial charge < -0.3 is 15.6 Å². The third-order valence-electron chi connectivity index (χ3n) is 2.79. The molecule has 0 spiro atoms. The maximum Gasteiger partial charge on any atom is 0.305 e. The van der Waals surface area contributed by atoms with E-state index in [9.17, 15) is 4.79 Å². The molecule has 0 saturated heterocycles. The fourth-order valence-corrected chi connectivity index (χ4v) is 1.95. The summed E-state index contributed by atoms with van der Waals surface area (Å²) in [5, 5.41) is 8.81. The van der Waals surface area contributed by atoms with Crippen molar-refractivity contribution in [2.45, 2.75) is 39.2 Å². The Balaban J connectivity index is 3.06. The van der Waals surface area contributed by atoms with Crippen molar-refractivity contribution in [3.63, 3.8) is 0 Å². The average Bonchev–Trinajstić information content (AvgIpc) is 2.28. The van der Waals surface area contributed by atoms with E-state index in [0.717, 1.165) is 16.9 Å². The summed E-state index contributed by atoms with van der Waals surface area (Å²) in [6.07, 6.45) is -0.0618. The lowest BCUT2D eigenvalue weighted by Gasteiger charge is -2.18. The maximum absolute atomic E-state index is 10.7. The third-order valence-corrected chi connectivity index (χ3v) is 2.79. The van der Waals surface area contributed by atoms with Crippen LogP contribution in [0.3, 0.4) is 0 Å². The van der Waals surface area contributed by atoms with Crippen molar-refractivity contribution in [3.05, 3.63) is 29.3 Å². The molecule has 0 fully saturated rings. The van der Waals surface area contributed by atoms with Gasteiger partial charge in [-0.1, -0.05) is 19.9 Å². The van der Waals surface area contributed by atoms with Crippen LogP contribution in [0.5, 0.6) is 5.75 Å². The van der Waals surface area contributed by atoms with Crippen LogP contribution >= 0.6 is 0 Å². The number of hydrogen-bond donors (Lipinski definition) is 2. The smallest absolute Gasteiger partial charge is 0.305 e. The number of carboxylic acid groups (broad SMARTS) is 1. The van der Waals surface area contributed by atoms with E-state index in [1.54, 1.807) is 0 Å². The fraction of sp³-hybridized carbons (Fsp3) is 0.500. The number of ether oxygens (including phenoxy) is 1. The molecule has 0 aromatic heterocycles. The molecule has 0 heterocycles. The number of carboxylic acids is 1. The predicted molar refractivity (Wildman–Crippen MR) is 70.9 cm³/mol. The van der Waals surface area contributed by atoms with Gasteiger partial charge >= 0.3 is 5.97 Å². The average molecular weight is 251 g/mol. The fourth-order valence-electron chi connectivity index (χ4n) is 1.95. The maximum atomic E-state index is 10.7. The number of hydrogen-bond acceptors (Lipinski definition) is 3. The molecule has 0 aliphatic rings. The summed E-state index contributed by atoms with van der Waals surface area (Å²) in [4.78, 5) is 10.7. The summed E-state index contributed by atoms with van der Waals surface area (Å²) in [6.45, 7) is 6.65. The van der Waals surface area contributed by atoms with Gasteiger partial charge in [-0.15, -0.1) is 0 Å². The number of benzene rings is 1. The second-order valence-electron chi connectivity index (χ2n) is 4.58. The highest BCUT2D eigenvalue weighted by Crippen LogP contribution is 2.29. The Bertz CT molecular complexity index is 416. The van der Waals surface area contributed by atoms with E-state index in [-0.39, 0.29) is 12.3 Å². The summed E-state index contributed by atoms with van der Waals surface area (Å²) in [7, 11) is 0. The third kappa shape index (κ3) is 3.74. The molecular formula is C14H21NO3. The molecule has 100 valence electrons. The van der Waals surface area contributed by atoms with Gasteiger partial charge in [0.1, 0.15) is 5.75 Å². The standard InChI is InChI=1S/C14H21NO3/c1-4-18-10-5-6-11(12(7-10)9(2)3)13(15)8-14(16)17/h5-7,9,13H,4,8,15H2,1-3H3,(H,16,17). The minimum atomic E-state index is -0.883. The topological polar surface area (TPSA) is 72.5 Å². The van der Waals surface area contributed by atoms with Crippen molar-refractivity contribution in [3.8, 4) is 5.75 Å². The molecule has 0 amide bonds. The first kappa shape index (κ1) is 14.5. The van der Waals surface area contributed by atoms with Gasteiger partial charge in [-0.3, -0.25) is 4.79 Å². The SMILES string of the molecule is CCOc1ccc(C(N)CC(=O)O)c(C(C)C)c1. The van der Waals surface area contributed by atoms with Crippen LogP contribution in [0.4, 0.5) is 0 Å². The van der Waals surface area contributed by atoms with Crippen LogP contribution in [0, 0.1) is 0 Å². The van der Waals surface area contributed by atoms with Gasteiger partial charge in [0.15, 0.2) is 0 Å². The van der Waals surface area contributed by atoms with E-state index >= 15 is 0 Å². The van der Waals surface area contributed by atoms with Crippen LogP contribution in [0.25, 0.3) is 0 Å². The van der Waals surface area contributed by atoms with E-state index in [2.05, 4.69) is 13.8 Å². The number of nitrogens with two attached hydrogens (primary N) is 1. The zero-order chi connectivity index (χ0) is 13.7. The quantitative estimate of drug-likeness (QED) is 0.815. The van der Waals surface area contributed by atoms with Gasteiger partial charge in [0.05, 0.1) is 13.0 Å². The van der Waals surface area contributed by atoms with Crippen molar-refractivity contribution in [1.82, 2.24) is 0 Å². The summed E-state index contributed by atoms with van der Waals surface area (Å²) in [5.41, 5.74) is 7.87. The van der Waals surface area contributed by atoms with Crippen LogP contribution in [0.2, 0.25) is 0 Å². The van der Waals surface area contributed by atoms with Gasteiger partial charge in [-0.2, -0.15) is 0 Å². The van der Waals surface area contributed by atoms with Crippen LogP contribution in [0.1, 0.15) is 50.3 Å². The highest BCUT2D eigenvalue weighted by atomic mass is 16.5. The van der Waals surface area contributed by atoms with E-state index < -0.39 is 12.0 Å². The zero-order valence-corrected chi connectivity index (χ0v) is 11.1. The summed E-state index contributed by atoms with van der Waals surface area (Å²) in [6, 6.07) is 5.18. The Morgan fingerprint density at radius 1 is 1.39 bits per heavy atom. The minimum Gasteiger partial charge on any atom is -0.494 e. The Kier molecular flexibility index (Phi) is 5.16. The molecule has 1 unspecified atom stereocenters. The largest absolute Gasteiger partial charge is 0.494 e. The summed E-state index contributed by atoms with van der Waals surface area (Å²) < 4.78 is 5.46. The molecule has 0 radical (unpaired) electrons. The highest BCUT2D eigenvalue weighted by Gasteiger charge is 2.17. The molecule has 3 N–H and O–H groups in total. The molecule has 0 saturated carbocycles. The Morgan fingerprint density at radius 3 is 2.56 bits per heavy atom. The highest BCUT2D eigenvalue weighted by molar-refractivity contribution is 5.68. The van der Waals surface area contributed by atoms with Crippen molar-refractivity contribution >= 4 is 5.97 Å². The van der Waals surface area contributed by atoms with Crippen molar-refractivity contribution < 1.29 is 14.6 Å². The Morgan fingerprint density at radius 2 is 2.06 bits per heavy atom. The normalized spacial score (nSPS) is 12.5. The molecular weight excluding hydrogens is 230 g/mol. The lowest BCUT2D eigenvalue weighted by atomic mass is 9.91. The number of rotatable bonds is 6. The Hall–Kier alpha value is -1.55. The predicted octanol–water partition coefficient (Wildman–Crippen LogP) is 2.68. The number of aliphatic carboxylic acids is 1. The monoisotopic (exact) mass is 251 g/mol. The molecule has 4 nitrogen and oxygen atoms in total. The van der Waals surface area contributed by atoms with Gasteiger partial charge in [0, 0.05) is 6.04 Å². The molecule has 1 rings (SSSR count). The molecule has 1 aromatic rings. The zero-order valence-electron chi connectivity index (χ0n) is 11.1. The molecule has 0 aliphatic heterocycles. The van der Waals surface area contributed by atoms with Gasteiger partial charge in [0.25, 0.3) is 0 Å². The van der Waals surface area contributed by atoms with E-state index in [1.165, 1.54) is 0 Å². The number of carbonyl (C=O) groups is 1. The van der Waals surface area contributed by atoms with Crippen molar-refractivity contribution in [2.24, 2.45) is 5.73 Å². The van der Waals surface area contributed by atoms with Crippen LogP contribution < -0.4 is 10.5 Å². The van der Waals surface area contributed by atoms with Gasteiger partial charge in [-0.25, -0.2) is 0 Å². The van der Waals surface area contributed by atoms with Crippen molar-refractivity contribution in [1.29, 1.82) is 0 Å². The summed E-state index contributed by atoms with van der Waals surface area (Å²) >= 11 is 0. The molecule has 1 atom stereocenters. The molecule has 0 aliphatic carbocycles. The van der Waals surface area contributed by atoms with Crippen LogP contribution in [0.15, 0.2) is 18.2 Å². The lowest BCUT2D eigenvalue weighted by Crippen LogP contribution is -2.17. The van der Waals surface area contributed by atoms with Crippen LogP contribution in [-0.2, 0) is 4.79 Å². The second kappa shape index (κ2) is 6.40. The first-order valence-corrected chi connectivity index (χ1v) is 6.19. The molecule has 0 bridgehead atoms. The molecule has 18 heavy (non-hydrogen) atoms. The van der Waals surface area contributed by atoms with E-state index in [1.807, 2.05) is 25.1 Å². The molecule has 1 aromatic carbocycles. The van der Waals surface area contributed by atoms with Gasteiger partial charge in [-0.05, 0) is 36.1 Å². The van der Waals surface area contributed by atoms with Crippen LogP contribution in [-0.4, -0.2) is 17.7 Å². The molecule has 4 heteroatoms. The minimum absolute atomic E-state index is 0.0618. The van der Waals surface area contributed by atoms with Gasteiger partial charge in [0.2, 0.25) is 0 Å². The first-order valence-electron chi connectivity index (χ1n) is 6.19. The lowest BCUT2D eigenvalue weighted by molar-refractivity contribution is -0.137. The Labute approximate surface area is 108 Å². The van der Waals surface area contributed by atoms with E-state index in [4.69, 9.17) is 15.6 Å². The van der Waals surface area contributed by atoms with Crippen molar-refractivity contribution in [2.75, 3.05) is 6.61 Å². The first-order chi connectivity index (χ1) is 8.45. The second-order valence-corrected chi connectivity index (χ2v) is 4.58. The van der Waals surface area contributed by atoms with E-state index in [0.29, 0.717) is 6.61 Å².